The molecule has 7 N–H and O–H groups in total. The summed E-state index contributed by atoms with van der Waals surface area (Å²) in [4.78, 5) is 51.2. The van der Waals surface area contributed by atoms with Crippen molar-refractivity contribution in [2.45, 2.75) is 153 Å². The van der Waals surface area contributed by atoms with Crippen LogP contribution in [0.5, 0.6) is 0 Å². The summed E-state index contributed by atoms with van der Waals surface area (Å²) in [6.45, 7) is 37.2. The predicted molar refractivity (Wildman–Crippen MR) is 210 cm³/mol. The first-order chi connectivity index (χ1) is 23.0. The molecule has 11 nitrogen and oxygen atoms in total. The first-order valence-corrected chi connectivity index (χ1v) is 19.1. The lowest BCUT2D eigenvalue weighted by Gasteiger charge is -2.33. The second kappa shape index (κ2) is 18.9. The molecule has 0 saturated carbocycles. The van der Waals surface area contributed by atoms with E-state index in [4.69, 9.17) is 5.73 Å². The highest BCUT2D eigenvalue weighted by Crippen LogP contribution is 2.33. The standard InChI is InChI=1S/C9H17NO.C8H18N2.2C8H15NO.C7H12N2O/c1-9(2,3)7-4-5-10-8(11)6-7;1-8(2,3)10-5-4-7(9)6-10;1-8(2,3)6-4-7(10)9-5-6;1-8(2,3)6-4-5-9-7(6)10;1-7(2,3)5-4-8-6(10)9-5/h7H,4-6H2,1-3H3,(H,10,11);7H,4-6,9H2,1-3H3;2*6H,4-5H2,1-3H3,(H,9,10);4H,1-3H3,(H2,8,9,10)/t;7-;;;/m.0.../s1. The summed E-state index contributed by atoms with van der Waals surface area (Å²) in [6.07, 6.45) is 6.43. The van der Waals surface area contributed by atoms with E-state index in [1.54, 1.807) is 6.20 Å². The molecule has 4 aliphatic heterocycles. The van der Waals surface area contributed by atoms with E-state index in [0.717, 1.165) is 51.1 Å². The molecule has 5 heterocycles. The van der Waals surface area contributed by atoms with E-state index in [2.05, 4.69) is 114 Å². The molecule has 296 valence electrons. The SMILES string of the molecule is CC(C)(C)C1CCNC(=O)C1.CC(C)(C)C1CCNC1=O.CC(C)(C)C1CNC(=O)C1.CC(C)(C)N1CC[C@H](N)C1.CC(C)(C)c1c[nH]c(=O)[nH]1. The third-order valence-electron chi connectivity index (χ3n) is 10.3. The number of H-pyrrole nitrogens is 2. The Morgan fingerprint density at radius 3 is 1.43 bits per heavy atom. The van der Waals surface area contributed by atoms with Gasteiger partial charge < -0.3 is 31.7 Å². The Balaban J connectivity index is 0.000000319. The molecular weight excluding hydrogens is 642 g/mol. The molecule has 0 bridgehead atoms. The Morgan fingerprint density at radius 1 is 0.667 bits per heavy atom. The average Bonchev–Trinajstić information content (AvgIpc) is 3.77. The molecule has 4 atom stereocenters. The normalized spacial score (nSPS) is 24.3. The van der Waals surface area contributed by atoms with Crippen LogP contribution in [0.2, 0.25) is 0 Å². The van der Waals surface area contributed by atoms with Gasteiger partial charge in [0, 0.05) is 80.4 Å². The number of imidazole rings is 1. The smallest absolute Gasteiger partial charge is 0.323 e. The number of nitrogens with two attached hydrogens (primary N) is 1. The first kappa shape index (κ1) is 46.4. The van der Waals surface area contributed by atoms with Gasteiger partial charge in [-0.25, -0.2) is 4.79 Å². The molecule has 5 rings (SSSR count). The Hall–Kier alpha value is -2.66. The van der Waals surface area contributed by atoms with Crippen molar-refractivity contribution in [2.75, 3.05) is 32.7 Å². The van der Waals surface area contributed by atoms with Gasteiger partial charge in [0.25, 0.3) is 0 Å². The zero-order chi connectivity index (χ0) is 39.6. The van der Waals surface area contributed by atoms with E-state index in [9.17, 15) is 19.2 Å². The Morgan fingerprint density at radius 2 is 1.20 bits per heavy atom. The van der Waals surface area contributed by atoms with E-state index in [-0.39, 0.29) is 51.0 Å². The summed E-state index contributed by atoms with van der Waals surface area (Å²) < 4.78 is 0. The van der Waals surface area contributed by atoms with Gasteiger partial charge in [-0.3, -0.25) is 19.3 Å². The van der Waals surface area contributed by atoms with E-state index in [1.807, 2.05) is 20.8 Å². The zero-order valence-electron chi connectivity index (χ0n) is 35.1. The molecule has 3 amide bonds. The van der Waals surface area contributed by atoms with Crippen LogP contribution in [0.15, 0.2) is 11.0 Å². The molecule has 11 heteroatoms. The highest BCUT2D eigenvalue weighted by molar-refractivity contribution is 5.81. The number of amides is 3. The van der Waals surface area contributed by atoms with Crippen LogP contribution in [0.3, 0.4) is 0 Å². The lowest BCUT2D eigenvalue weighted by atomic mass is 9.75. The largest absolute Gasteiger partial charge is 0.356 e. The summed E-state index contributed by atoms with van der Waals surface area (Å²) in [5.41, 5.74) is 7.63. The van der Waals surface area contributed by atoms with Crippen molar-refractivity contribution in [3.8, 4) is 0 Å². The van der Waals surface area contributed by atoms with Gasteiger partial charge in [-0.2, -0.15) is 0 Å². The number of hydrogen-bond acceptors (Lipinski definition) is 6. The number of aromatic amines is 2. The van der Waals surface area contributed by atoms with Crippen molar-refractivity contribution in [2.24, 2.45) is 39.7 Å². The van der Waals surface area contributed by atoms with Crippen LogP contribution in [0.1, 0.15) is 142 Å². The third kappa shape index (κ3) is 17.6. The van der Waals surface area contributed by atoms with Crippen LogP contribution < -0.4 is 27.4 Å². The highest BCUT2D eigenvalue weighted by atomic mass is 16.2. The molecule has 4 aliphatic rings. The van der Waals surface area contributed by atoms with Crippen LogP contribution in [-0.2, 0) is 19.8 Å². The van der Waals surface area contributed by atoms with Crippen molar-refractivity contribution in [1.29, 1.82) is 0 Å². The summed E-state index contributed by atoms with van der Waals surface area (Å²) >= 11 is 0. The number of nitrogens with one attached hydrogen (secondary N) is 5. The molecule has 0 aromatic carbocycles. The van der Waals surface area contributed by atoms with Gasteiger partial charge in [-0.15, -0.1) is 0 Å². The summed E-state index contributed by atoms with van der Waals surface area (Å²) in [7, 11) is 0. The highest BCUT2D eigenvalue weighted by Gasteiger charge is 2.34. The number of piperidine rings is 1. The van der Waals surface area contributed by atoms with E-state index < -0.39 is 0 Å². The van der Waals surface area contributed by atoms with Gasteiger partial charge in [0.05, 0.1) is 0 Å². The quantitative estimate of drug-likeness (QED) is 0.201. The van der Waals surface area contributed by atoms with Gasteiger partial charge in [0.1, 0.15) is 0 Å². The second-order valence-corrected chi connectivity index (χ2v) is 20.0. The number of carbonyl (C=O) groups excluding carboxylic acids is 3. The summed E-state index contributed by atoms with van der Waals surface area (Å²) in [6, 6.07) is 0.416. The third-order valence-corrected chi connectivity index (χ3v) is 10.3. The lowest BCUT2D eigenvalue weighted by molar-refractivity contribution is -0.125. The number of hydrogen-bond donors (Lipinski definition) is 6. The Kier molecular flexibility index (Phi) is 17.2. The molecule has 0 radical (unpaired) electrons. The molecule has 0 aliphatic carbocycles. The minimum absolute atomic E-state index is 0.0269. The fourth-order valence-electron chi connectivity index (χ4n) is 6.29. The average molecular weight is 720 g/mol. The van der Waals surface area contributed by atoms with Gasteiger partial charge in [-0.05, 0) is 68.1 Å². The van der Waals surface area contributed by atoms with E-state index in [0.29, 0.717) is 36.3 Å². The number of nitrogens with zero attached hydrogens (tertiary/aromatic N) is 1. The van der Waals surface area contributed by atoms with Crippen molar-refractivity contribution in [3.63, 3.8) is 0 Å². The Labute approximate surface area is 310 Å². The maximum atomic E-state index is 11.1. The summed E-state index contributed by atoms with van der Waals surface area (Å²) in [5, 5.41) is 8.52. The number of aromatic nitrogens is 2. The van der Waals surface area contributed by atoms with Gasteiger partial charge >= 0.3 is 5.69 Å². The maximum absolute atomic E-state index is 11.1. The van der Waals surface area contributed by atoms with Crippen LogP contribution in [0.4, 0.5) is 0 Å². The monoisotopic (exact) mass is 720 g/mol. The topological polar surface area (TPSA) is 165 Å². The minimum atomic E-state index is -0.134. The lowest BCUT2D eigenvalue weighted by Crippen LogP contribution is -2.40. The molecule has 1 aromatic rings. The first-order valence-electron chi connectivity index (χ1n) is 19.1. The second-order valence-electron chi connectivity index (χ2n) is 20.0. The number of rotatable bonds is 0. The van der Waals surface area contributed by atoms with E-state index in [1.165, 1.54) is 6.54 Å². The van der Waals surface area contributed by atoms with E-state index >= 15 is 0 Å². The molecule has 1 aromatic heterocycles. The predicted octanol–water partition coefficient (Wildman–Crippen LogP) is 5.71. The van der Waals surface area contributed by atoms with Gasteiger partial charge in [0.2, 0.25) is 17.7 Å². The molecular formula is C40H77N7O4. The van der Waals surface area contributed by atoms with Crippen LogP contribution in [0.25, 0.3) is 0 Å². The molecule has 0 spiro atoms. The molecule has 51 heavy (non-hydrogen) atoms. The van der Waals surface area contributed by atoms with Crippen LogP contribution >= 0.6 is 0 Å². The van der Waals surface area contributed by atoms with Crippen molar-refractivity contribution >= 4 is 17.7 Å². The number of likely N-dealkylation sites (tertiary alicyclic amines) is 1. The van der Waals surface area contributed by atoms with Crippen LogP contribution in [0, 0.1) is 34.0 Å². The minimum Gasteiger partial charge on any atom is -0.356 e. The molecule has 4 saturated heterocycles. The van der Waals surface area contributed by atoms with Crippen molar-refractivity contribution < 1.29 is 14.4 Å². The van der Waals surface area contributed by atoms with Gasteiger partial charge in [-0.1, -0.05) is 83.1 Å². The summed E-state index contributed by atoms with van der Waals surface area (Å²) in [5.74, 6) is 1.98. The fourth-order valence-corrected chi connectivity index (χ4v) is 6.29. The molecule has 4 fully saturated rings. The van der Waals surface area contributed by atoms with Crippen molar-refractivity contribution in [1.82, 2.24) is 30.8 Å². The Bertz CT molecular complexity index is 1280. The fraction of sp³-hybridized carbons (Fsp3) is 0.850. The zero-order valence-corrected chi connectivity index (χ0v) is 35.1. The number of carbonyl (C=O) groups is 3. The van der Waals surface area contributed by atoms with Crippen molar-refractivity contribution in [3.05, 3.63) is 22.4 Å². The van der Waals surface area contributed by atoms with Gasteiger partial charge in [0.15, 0.2) is 0 Å². The van der Waals surface area contributed by atoms with Crippen LogP contribution in [-0.4, -0.2) is 76.9 Å². The maximum Gasteiger partial charge on any atom is 0.323 e. The molecule has 3 unspecified atom stereocenters.